The van der Waals surface area contributed by atoms with Gasteiger partial charge in [0, 0.05) is 44.7 Å². The summed E-state index contributed by atoms with van der Waals surface area (Å²) in [5.74, 6) is 3.95. The number of benzene rings is 2. The molecule has 33 heavy (non-hydrogen) atoms. The van der Waals surface area contributed by atoms with Crippen LogP contribution < -0.4 is 25.0 Å². The number of aromatic nitrogens is 2. The monoisotopic (exact) mass is 449 g/mol. The van der Waals surface area contributed by atoms with Gasteiger partial charge in [0.15, 0.2) is 0 Å². The van der Waals surface area contributed by atoms with Crippen molar-refractivity contribution in [3.8, 4) is 11.5 Å². The molecule has 0 atom stereocenters. The van der Waals surface area contributed by atoms with Crippen LogP contribution in [0, 0.1) is 5.92 Å². The van der Waals surface area contributed by atoms with Crippen LogP contribution in [0.25, 0.3) is 10.9 Å². The molecule has 0 amide bonds. The SMILES string of the molecule is COc1cc(CN[C@H]2CC[C@@H](CNc3nc(N(C)C)c4ccccc4n3)CC2)cc(OC)c1. The van der Waals surface area contributed by atoms with Crippen molar-refractivity contribution >= 4 is 22.7 Å². The zero-order chi connectivity index (χ0) is 23.2. The maximum atomic E-state index is 5.38. The minimum Gasteiger partial charge on any atom is -0.497 e. The van der Waals surface area contributed by atoms with Crippen LogP contribution in [0.3, 0.4) is 0 Å². The molecule has 0 unspecified atom stereocenters. The molecular formula is C26H35N5O2. The predicted molar refractivity (Wildman–Crippen MR) is 134 cm³/mol. The topological polar surface area (TPSA) is 71.5 Å². The molecule has 4 rings (SSSR count). The van der Waals surface area contributed by atoms with E-state index in [0.717, 1.165) is 41.3 Å². The molecule has 1 aromatic heterocycles. The van der Waals surface area contributed by atoms with Crippen molar-refractivity contribution in [3.63, 3.8) is 0 Å². The Kier molecular flexibility index (Phi) is 7.50. The Hall–Kier alpha value is -3.06. The van der Waals surface area contributed by atoms with E-state index >= 15 is 0 Å². The lowest BCUT2D eigenvalue weighted by Crippen LogP contribution is -2.34. The van der Waals surface area contributed by atoms with E-state index in [2.05, 4.69) is 28.8 Å². The average molecular weight is 450 g/mol. The first kappa shape index (κ1) is 23.1. The predicted octanol–water partition coefficient (Wildman–Crippen LogP) is 4.47. The second-order valence-corrected chi connectivity index (χ2v) is 8.98. The molecule has 0 radical (unpaired) electrons. The highest BCUT2D eigenvalue weighted by molar-refractivity contribution is 5.90. The van der Waals surface area contributed by atoms with E-state index in [0.29, 0.717) is 17.9 Å². The van der Waals surface area contributed by atoms with Crippen molar-refractivity contribution in [3.05, 3.63) is 48.0 Å². The van der Waals surface area contributed by atoms with Gasteiger partial charge in [0.1, 0.15) is 17.3 Å². The zero-order valence-electron chi connectivity index (χ0n) is 20.1. The molecule has 3 aromatic rings. The lowest BCUT2D eigenvalue weighted by atomic mass is 9.86. The number of anilines is 2. The summed E-state index contributed by atoms with van der Waals surface area (Å²) in [4.78, 5) is 11.5. The highest BCUT2D eigenvalue weighted by atomic mass is 16.5. The van der Waals surface area contributed by atoms with E-state index in [1.807, 2.05) is 43.3 Å². The largest absolute Gasteiger partial charge is 0.497 e. The minimum absolute atomic E-state index is 0.538. The second-order valence-electron chi connectivity index (χ2n) is 8.98. The van der Waals surface area contributed by atoms with Crippen molar-refractivity contribution in [1.82, 2.24) is 15.3 Å². The number of hydrogen-bond acceptors (Lipinski definition) is 7. The van der Waals surface area contributed by atoms with Gasteiger partial charge in [-0.05, 0) is 61.4 Å². The number of para-hydroxylation sites is 1. The molecule has 7 heteroatoms. The minimum atomic E-state index is 0.538. The van der Waals surface area contributed by atoms with Crippen molar-refractivity contribution in [2.75, 3.05) is 45.1 Å². The lowest BCUT2D eigenvalue weighted by Gasteiger charge is -2.29. The van der Waals surface area contributed by atoms with Crippen molar-refractivity contribution in [2.45, 2.75) is 38.3 Å². The summed E-state index contributed by atoms with van der Waals surface area (Å²) < 4.78 is 10.8. The fourth-order valence-corrected chi connectivity index (χ4v) is 4.52. The third-order valence-corrected chi connectivity index (χ3v) is 6.41. The van der Waals surface area contributed by atoms with E-state index in [9.17, 15) is 0 Å². The second kappa shape index (κ2) is 10.7. The van der Waals surface area contributed by atoms with Gasteiger partial charge in [-0.3, -0.25) is 0 Å². The van der Waals surface area contributed by atoms with Crippen molar-refractivity contribution in [2.24, 2.45) is 5.92 Å². The summed E-state index contributed by atoms with van der Waals surface area (Å²) in [6.07, 6.45) is 4.74. The molecule has 2 N–H and O–H groups in total. The van der Waals surface area contributed by atoms with Crippen LogP contribution in [0.1, 0.15) is 31.2 Å². The number of nitrogens with one attached hydrogen (secondary N) is 2. The molecule has 0 spiro atoms. The van der Waals surface area contributed by atoms with Gasteiger partial charge < -0.3 is 25.0 Å². The van der Waals surface area contributed by atoms with Gasteiger partial charge in [0.25, 0.3) is 0 Å². The first-order valence-corrected chi connectivity index (χ1v) is 11.7. The Bertz CT molecular complexity index is 1040. The summed E-state index contributed by atoms with van der Waals surface area (Å²) >= 11 is 0. The van der Waals surface area contributed by atoms with Crippen LogP contribution >= 0.6 is 0 Å². The molecule has 7 nitrogen and oxygen atoms in total. The number of nitrogens with zero attached hydrogens (tertiary/aromatic N) is 3. The van der Waals surface area contributed by atoms with Gasteiger partial charge in [0.05, 0.1) is 19.7 Å². The molecule has 176 valence electrons. The van der Waals surface area contributed by atoms with Gasteiger partial charge >= 0.3 is 0 Å². The lowest BCUT2D eigenvalue weighted by molar-refractivity contribution is 0.299. The molecule has 1 heterocycles. The third kappa shape index (κ3) is 5.85. The molecule has 0 aliphatic heterocycles. The quantitative estimate of drug-likeness (QED) is 0.499. The van der Waals surface area contributed by atoms with E-state index in [1.165, 1.54) is 31.2 Å². The highest BCUT2D eigenvalue weighted by Gasteiger charge is 2.21. The molecule has 0 bridgehead atoms. The van der Waals surface area contributed by atoms with Gasteiger partial charge in [-0.1, -0.05) is 12.1 Å². The van der Waals surface area contributed by atoms with Crippen LogP contribution in [0.4, 0.5) is 11.8 Å². The van der Waals surface area contributed by atoms with E-state index in [1.54, 1.807) is 14.2 Å². The van der Waals surface area contributed by atoms with Gasteiger partial charge in [-0.2, -0.15) is 4.98 Å². The number of hydrogen-bond donors (Lipinski definition) is 2. The maximum absolute atomic E-state index is 5.38. The maximum Gasteiger partial charge on any atom is 0.225 e. The standard InChI is InChI=1S/C26H35N5O2/c1-31(2)25-23-7-5-6-8-24(23)29-26(30-25)28-16-18-9-11-20(12-10-18)27-17-19-13-21(32-3)15-22(14-19)33-4/h5-8,13-15,18,20,27H,9-12,16-17H2,1-4H3,(H,28,29,30)/t18-,20+. The zero-order valence-corrected chi connectivity index (χ0v) is 20.1. The van der Waals surface area contributed by atoms with Crippen LogP contribution in [-0.2, 0) is 6.54 Å². The first-order chi connectivity index (χ1) is 16.1. The van der Waals surface area contributed by atoms with Gasteiger partial charge in [0.2, 0.25) is 5.95 Å². The Morgan fingerprint density at radius 3 is 2.30 bits per heavy atom. The molecule has 1 aliphatic carbocycles. The normalized spacial score (nSPS) is 18.2. The fourth-order valence-electron chi connectivity index (χ4n) is 4.52. The van der Waals surface area contributed by atoms with Crippen LogP contribution in [-0.4, -0.2) is 50.9 Å². The summed E-state index contributed by atoms with van der Waals surface area (Å²) in [6, 6.07) is 14.7. The van der Waals surface area contributed by atoms with Gasteiger partial charge in [-0.25, -0.2) is 4.98 Å². The number of ether oxygens (including phenoxy) is 2. The Balaban J connectivity index is 1.28. The van der Waals surface area contributed by atoms with Crippen molar-refractivity contribution in [1.29, 1.82) is 0 Å². The van der Waals surface area contributed by atoms with E-state index in [4.69, 9.17) is 19.4 Å². The summed E-state index contributed by atoms with van der Waals surface area (Å²) in [5, 5.41) is 8.29. The number of methoxy groups -OCH3 is 2. The summed E-state index contributed by atoms with van der Waals surface area (Å²) in [5.41, 5.74) is 2.15. The van der Waals surface area contributed by atoms with Crippen LogP contribution in [0.15, 0.2) is 42.5 Å². The first-order valence-electron chi connectivity index (χ1n) is 11.7. The summed E-state index contributed by atoms with van der Waals surface area (Å²) in [6.45, 7) is 1.73. The highest BCUT2D eigenvalue weighted by Crippen LogP contribution is 2.27. The number of fused-ring (bicyclic) bond motifs is 1. The summed E-state index contributed by atoms with van der Waals surface area (Å²) in [7, 11) is 7.42. The van der Waals surface area contributed by atoms with Crippen molar-refractivity contribution < 1.29 is 9.47 Å². The molecule has 2 aromatic carbocycles. The van der Waals surface area contributed by atoms with Crippen LogP contribution in [0.2, 0.25) is 0 Å². The average Bonchev–Trinajstić information content (AvgIpc) is 2.85. The van der Waals surface area contributed by atoms with Gasteiger partial charge in [-0.15, -0.1) is 0 Å². The number of rotatable bonds is 9. The molecular weight excluding hydrogens is 414 g/mol. The fraction of sp³-hybridized carbons (Fsp3) is 0.462. The Morgan fingerprint density at radius 1 is 0.939 bits per heavy atom. The van der Waals surface area contributed by atoms with E-state index in [-0.39, 0.29) is 0 Å². The smallest absolute Gasteiger partial charge is 0.225 e. The Morgan fingerprint density at radius 2 is 1.64 bits per heavy atom. The molecule has 1 fully saturated rings. The molecule has 1 aliphatic rings. The Labute approximate surface area is 196 Å². The van der Waals surface area contributed by atoms with E-state index < -0.39 is 0 Å². The molecule has 0 saturated heterocycles. The van der Waals surface area contributed by atoms with Crippen LogP contribution in [0.5, 0.6) is 11.5 Å². The molecule has 1 saturated carbocycles. The third-order valence-electron chi connectivity index (χ3n) is 6.41.